The fraction of sp³-hybridized carbons (Fsp3) is 0.111. The Kier molecular flexibility index (Phi) is 5.96. The van der Waals surface area contributed by atoms with Gasteiger partial charge in [0.05, 0.1) is 19.5 Å². The number of phenolic OH excluding ortho intramolecular Hbond substituents is 1. The number of aromatic hydroxyl groups is 1. The second kappa shape index (κ2) is 7.88. The summed E-state index contributed by atoms with van der Waals surface area (Å²) in [6.45, 7) is 4.01. The molecule has 0 aliphatic carbocycles. The molecule has 8 heteroatoms. The smallest absolute Gasteiger partial charge is 0.264 e. The van der Waals surface area contributed by atoms with Crippen LogP contribution in [0.5, 0.6) is 5.75 Å². The van der Waals surface area contributed by atoms with E-state index in [1.807, 2.05) is 26.0 Å². The Labute approximate surface area is 180 Å². The van der Waals surface area contributed by atoms with Crippen molar-refractivity contribution < 1.29 is 9.90 Å². The number of hydrogen-bond donors (Lipinski definition) is 2. The van der Waals surface area contributed by atoms with Gasteiger partial charge in [-0.1, -0.05) is 15.9 Å². The summed E-state index contributed by atoms with van der Waals surface area (Å²) < 4.78 is 2.17. The number of carbonyl (C=O) groups excluding carboxylic acids is 1. The van der Waals surface area contributed by atoms with Gasteiger partial charge in [0.1, 0.15) is 5.75 Å². The van der Waals surface area contributed by atoms with Crippen molar-refractivity contribution >= 4 is 82.4 Å². The fourth-order valence-corrected chi connectivity index (χ4v) is 4.70. The number of aryl methyl sites for hydroxylation is 2. The molecular formula is C18H13Br3N2O2S. The maximum atomic E-state index is 12.2. The van der Waals surface area contributed by atoms with E-state index in [1.165, 1.54) is 11.8 Å². The first-order valence-corrected chi connectivity index (χ1v) is 10.7. The molecule has 0 radical (unpaired) electrons. The number of halogens is 3. The SMILES string of the molecule is Cc1cc(N=C2NC(=O)/C(=C/c3cc(Br)c(O)c(Br)c3)S2)cc(C)c1Br. The highest BCUT2D eigenvalue weighted by Gasteiger charge is 2.24. The summed E-state index contributed by atoms with van der Waals surface area (Å²) in [5.41, 5.74) is 3.76. The van der Waals surface area contributed by atoms with Crippen LogP contribution in [-0.4, -0.2) is 16.2 Å². The molecule has 2 aromatic rings. The fourth-order valence-electron chi connectivity index (χ4n) is 2.41. The number of carbonyl (C=O) groups is 1. The largest absolute Gasteiger partial charge is 0.506 e. The molecule has 26 heavy (non-hydrogen) atoms. The number of rotatable bonds is 2. The molecule has 0 unspecified atom stereocenters. The number of amidine groups is 1. The van der Waals surface area contributed by atoms with Gasteiger partial charge in [0.25, 0.3) is 5.91 Å². The number of nitrogens with zero attached hydrogens (tertiary/aromatic N) is 1. The Balaban J connectivity index is 1.89. The summed E-state index contributed by atoms with van der Waals surface area (Å²) in [7, 11) is 0. The molecule has 2 N–H and O–H groups in total. The first kappa shape index (κ1) is 19.7. The van der Waals surface area contributed by atoms with Crippen molar-refractivity contribution in [1.29, 1.82) is 0 Å². The molecule has 1 heterocycles. The maximum absolute atomic E-state index is 12.2. The van der Waals surface area contributed by atoms with E-state index in [0.29, 0.717) is 19.0 Å². The number of phenols is 1. The molecule has 4 nitrogen and oxygen atoms in total. The Morgan fingerprint density at radius 2 is 1.65 bits per heavy atom. The maximum Gasteiger partial charge on any atom is 0.264 e. The number of thioether (sulfide) groups is 1. The lowest BCUT2D eigenvalue weighted by atomic mass is 10.1. The number of benzene rings is 2. The molecule has 2 aromatic carbocycles. The molecule has 1 fully saturated rings. The van der Waals surface area contributed by atoms with Gasteiger partial charge in [-0.25, -0.2) is 4.99 Å². The molecule has 1 amide bonds. The van der Waals surface area contributed by atoms with E-state index in [1.54, 1.807) is 18.2 Å². The minimum absolute atomic E-state index is 0.124. The Morgan fingerprint density at radius 3 is 2.23 bits per heavy atom. The van der Waals surface area contributed by atoms with Crippen molar-refractivity contribution in [3.8, 4) is 5.75 Å². The van der Waals surface area contributed by atoms with Crippen molar-refractivity contribution in [3.63, 3.8) is 0 Å². The molecule has 0 bridgehead atoms. The third kappa shape index (κ3) is 4.24. The quantitative estimate of drug-likeness (QED) is 0.431. The molecular weight excluding hydrogens is 548 g/mol. The predicted octanol–water partition coefficient (Wildman–Crippen LogP) is 6.19. The van der Waals surface area contributed by atoms with Crippen molar-refractivity contribution in [3.05, 3.63) is 59.3 Å². The Morgan fingerprint density at radius 1 is 1.08 bits per heavy atom. The van der Waals surface area contributed by atoms with E-state index < -0.39 is 0 Å². The number of hydrogen-bond acceptors (Lipinski definition) is 4. The lowest BCUT2D eigenvalue weighted by Gasteiger charge is -2.05. The Bertz CT molecular complexity index is 940. The zero-order valence-corrected chi connectivity index (χ0v) is 19.3. The molecule has 0 aromatic heterocycles. The summed E-state index contributed by atoms with van der Waals surface area (Å²) in [6, 6.07) is 7.43. The van der Waals surface area contributed by atoms with Gasteiger partial charge in [-0.2, -0.15) is 0 Å². The third-order valence-corrected chi connectivity index (χ3v) is 7.01. The van der Waals surface area contributed by atoms with E-state index >= 15 is 0 Å². The van der Waals surface area contributed by atoms with Gasteiger partial charge in [-0.05, 0) is 105 Å². The minimum atomic E-state index is -0.195. The summed E-state index contributed by atoms with van der Waals surface area (Å²) >= 11 is 11.4. The second-order valence-electron chi connectivity index (χ2n) is 5.71. The number of amides is 1. The normalized spacial score (nSPS) is 17.2. The predicted molar refractivity (Wildman–Crippen MR) is 118 cm³/mol. The first-order valence-electron chi connectivity index (χ1n) is 7.49. The zero-order valence-electron chi connectivity index (χ0n) is 13.7. The van der Waals surface area contributed by atoms with Gasteiger partial charge < -0.3 is 10.4 Å². The lowest BCUT2D eigenvalue weighted by Crippen LogP contribution is -2.19. The van der Waals surface area contributed by atoms with E-state index in [4.69, 9.17) is 0 Å². The average Bonchev–Trinajstić information content (AvgIpc) is 2.89. The van der Waals surface area contributed by atoms with Crippen LogP contribution < -0.4 is 5.32 Å². The number of nitrogens with one attached hydrogen (secondary N) is 1. The summed E-state index contributed by atoms with van der Waals surface area (Å²) in [6.07, 6.45) is 1.76. The average molecular weight is 561 g/mol. The monoisotopic (exact) mass is 558 g/mol. The van der Waals surface area contributed by atoms with Crippen LogP contribution in [0.1, 0.15) is 16.7 Å². The highest BCUT2D eigenvalue weighted by atomic mass is 79.9. The van der Waals surface area contributed by atoms with Crippen molar-refractivity contribution in [2.45, 2.75) is 13.8 Å². The standard InChI is InChI=1S/C18H13Br3N2O2S/c1-8-3-11(4-9(2)15(8)21)22-18-23-17(25)14(26-18)7-10-5-12(19)16(24)13(20)6-10/h3-7,24H,1-2H3,(H,22,23,25)/b14-7-. The van der Waals surface area contributed by atoms with E-state index in [-0.39, 0.29) is 11.7 Å². The van der Waals surface area contributed by atoms with Crippen molar-refractivity contribution in [2.24, 2.45) is 4.99 Å². The molecule has 0 atom stereocenters. The van der Waals surface area contributed by atoms with Gasteiger partial charge in [-0.3, -0.25) is 4.79 Å². The van der Waals surface area contributed by atoms with Crippen LogP contribution in [0.25, 0.3) is 6.08 Å². The van der Waals surface area contributed by atoms with Crippen LogP contribution in [0.3, 0.4) is 0 Å². The topological polar surface area (TPSA) is 61.7 Å². The van der Waals surface area contributed by atoms with Gasteiger partial charge in [-0.15, -0.1) is 0 Å². The molecule has 1 aliphatic heterocycles. The lowest BCUT2D eigenvalue weighted by molar-refractivity contribution is -0.115. The third-order valence-electron chi connectivity index (χ3n) is 3.64. The van der Waals surface area contributed by atoms with Crippen molar-refractivity contribution in [2.75, 3.05) is 0 Å². The van der Waals surface area contributed by atoms with Gasteiger partial charge >= 0.3 is 0 Å². The van der Waals surface area contributed by atoms with E-state index in [2.05, 4.69) is 58.1 Å². The van der Waals surface area contributed by atoms with Crippen LogP contribution in [-0.2, 0) is 4.79 Å². The first-order chi connectivity index (χ1) is 12.2. The van der Waals surface area contributed by atoms with Gasteiger partial charge in [0.2, 0.25) is 0 Å². The van der Waals surface area contributed by atoms with Gasteiger partial charge in [0, 0.05) is 4.47 Å². The van der Waals surface area contributed by atoms with Crippen LogP contribution in [0.2, 0.25) is 0 Å². The van der Waals surface area contributed by atoms with Crippen LogP contribution in [0.15, 0.2) is 47.6 Å². The van der Waals surface area contributed by atoms with Crippen LogP contribution in [0, 0.1) is 13.8 Å². The van der Waals surface area contributed by atoms with E-state index in [9.17, 15) is 9.90 Å². The van der Waals surface area contributed by atoms with Crippen LogP contribution >= 0.6 is 59.6 Å². The van der Waals surface area contributed by atoms with Crippen LogP contribution in [0.4, 0.5) is 5.69 Å². The molecule has 1 saturated heterocycles. The zero-order chi connectivity index (χ0) is 19.0. The highest BCUT2D eigenvalue weighted by molar-refractivity contribution is 9.11. The summed E-state index contributed by atoms with van der Waals surface area (Å²) in [5.74, 6) is -0.0708. The Hall–Kier alpha value is -1.09. The molecule has 0 saturated carbocycles. The van der Waals surface area contributed by atoms with E-state index in [0.717, 1.165) is 26.9 Å². The minimum Gasteiger partial charge on any atom is -0.506 e. The molecule has 134 valence electrons. The second-order valence-corrected chi connectivity index (χ2v) is 9.24. The summed E-state index contributed by atoms with van der Waals surface area (Å²) in [4.78, 5) is 17.3. The molecule has 3 rings (SSSR count). The number of aliphatic imine (C=N–C) groups is 1. The van der Waals surface area contributed by atoms with Gasteiger partial charge in [0.15, 0.2) is 5.17 Å². The highest BCUT2D eigenvalue weighted by Crippen LogP contribution is 2.36. The summed E-state index contributed by atoms with van der Waals surface area (Å²) in [5, 5.41) is 13.1. The van der Waals surface area contributed by atoms with Crippen molar-refractivity contribution in [1.82, 2.24) is 5.32 Å². The molecule has 0 spiro atoms. The molecule has 1 aliphatic rings.